The molecule has 0 saturated carbocycles. The van der Waals surface area contributed by atoms with Gasteiger partial charge in [-0.1, -0.05) is 26.7 Å². The van der Waals surface area contributed by atoms with Crippen LogP contribution in [0.4, 0.5) is 158 Å². The van der Waals surface area contributed by atoms with Crippen molar-refractivity contribution in [2.24, 2.45) is 14.1 Å². The van der Waals surface area contributed by atoms with Gasteiger partial charge >= 0.3 is 108 Å². The topological polar surface area (TPSA) is 258 Å². The SMILES string of the molecule is CCCCn1cc[n+](C)c1.CCCCn1cc[n+](C)c1.O=C(/C=C(\[O-])C(F)(F)F)C(F)(F)F.O=C(/C=C(\[O-])C(F)(F)F)C(F)(F)F.O=C(/C=C(\[O-])C(F)(F)F)C(F)(F)F.O=C(/C=C(\[O-])C(F)(F)F)C(F)(F)F.O=C(/C=C(\[O-])C(F)(F)F)C(F)(F)F.O=C(/C=C(\[O-])C(F)(F)F)C(F)(F)F.[Co+2].[Co+2]. The van der Waals surface area contributed by atoms with Crippen molar-refractivity contribution in [2.75, 3.05) is 0 Å². The van der Waals surface area contributed by atoms with Crippen LogP contribution in [0.5, 0.6) is 0 Å². The van der Waals surface area contributed by atoms with Gasteiger partial charge in [-0.2, -0.15) is 158 Å². The second kappa shape index (κ2) is 43.7. The summed E-state index contributed by atoms with van der Waals surface area (Å²) >= 11 is 0. The normalized spacial score (nSPS) is 13.3. The number of ketones is 6. The standard InChI is InChI=1S/2C8H15N2.6C5H2F6O2.2Co/c2*1-3-4-5-10-7-6-9(2)8-10;6*6-4(7,8)2(12)1-3(13)5(9,10)11;;/h2*6-8H,3-5H2,1-2H3;6*1,12H;;/q2*+1;;;;;;;2*+2/p-6/b;;6*2-1-;;. The molecule has 0 unspecified atom stereocenters. The number of hydrogen-bond donors (Lipinski definition) is 0. The molecular formula is C46H36Co2F36N4O12. The first-order chi connectivity index (χ1) is 42.9. The zero-order valence-corrected chi connectivity index (χ0v) is 50.2. The number of carbonyl (C=O) groups is 6. The summed E-state index contributed by atoms with van der Waals surface area (Å²) in [5.74, 6) is -33.9. The third-order valence-electron chi connectivity index (χ3n) is 8.11. The van der Waals surface area contributed by atoms with Crippen LogP contribution in [-0.2, 0) is 89.5 Å². The largest absolute Gasteiger partial charge is 2.00 e. The zero-order chi connectivity index (χ0) is 80.0. The Balaban J connectivity index is -0.000000161. The molecule has 0 aromatic carbocycles. The average molecular weight is 1640 g/mol. The fourth-order valence-electron chi connectivity index (χ4n) is 3.65. The molecule has 0 N–H and O–H groups in total. The van der Waals surface area contributed by atoms with E-state index in [-0.39, 0.29) is 33.6 Å². The molecule has 0 aliphatic rings. The minimum Gasteiger partial charge on any atom is -0.869 e. The molecule has 0 aliphatic carbocycles. The molecule has 0 saturated heterocycles. The van der Waals surface area contributed by atoms with Gasteiger partial charge in [-0.15, -0.1) is 0 Å². The monoisotopic (exact) mass is 1640 g/mol. The van der Waals surface area contributed by atoms with Crippen molar-refractivity contribution >= 4 is 34.7 Å². The van der Waals surface area contributed by atoms with Gasteiger partial charge in [0.05, 0.1) is 27.2 Å². The number of unbranched alkanes of at least 4 members (excludes halogenated alkanes) is 2. The minimum absolute atomic E-state index is 0. The summed E-state index contributed by atoms with van der Waals surface area (Å²) in [4.78, 5) is 58.9. The zero-order valence-electron chi connectivity index (χ0n) is 48.1. The smallest absolute Gasteiger partial charge is 0.869 e. The second-order valence-electron chi connectivity index (χ2n) is 16.6. The Kier molecular flexibility index (Phi) is 47.3. The van der Waals surface area contributed by atoms with Crippen molar-refractivity contribution in [1.82, 2.24) is 9.13 Å². The van der Waals surface area contributed by atoms with Crippen LogP contribution in [0.2, 0.25) is 0 Å². The molecule has 2 rings (SSSR count). The summed E-state index contributed by atoms with van der Waals surface area (Å²) in [6, 6.07) is 0. The van der Waals surface area contributed by atoms with Crippen LogP contribution >= 0.6 is 0 Å². The van der Waals surface area contributed by atoms with Crippen molar-refractivity contribution < 1.29 is 260 Å². The number of hydrogen-bond acceptors (Lipinski definition) is 12. The molecule has 2 aromatic rings. The van der Waals surface area contributed by atoms with Crippen molar-refractivity contribution in [3.63, 3.8) is 0 Å². The van der Waals surface area contributed by atoms with E-state index in [0.717, 1.165) is 13.1 Å². The van der Waals surface area contributed by atoms with Gasteiger partial charge in [0.2, 0.25) is 12.7 Å². The van der Waals surface area contributed by atoms with E-state index < -0.39 is 180 Å². The van der Waals surface area contributed by atoms with Crippen LogP contribution in [0.3, 0.4) is 0 Å². The van der Waals surface area contributed by atoms with Crippen LogP contribution in [0.1, 0.15) is 39.5 Å². The quantitative estimate of drug-likeness (QED) is 0.0855. The first-order valence-corrected chi connectivity index (χ1v) is 23.4. The van der Waals surface area contributed by atoms with E-state index in [9.17, 15) is 217 Å². The van der Waals surface area contributed by atoms with Crippen LogP contribution in [0, 0.1) is 0 Å². The van der Waals surface area contributed by atoms with Gasteiger partial charge in [-0.25, -0.2) is 18.3 Å². The fourth-order valence-corrected chi connectivity index (χ4v) is 3.65. The Hall–Kier alpha value is -7.83. The minimum atomic E-state index is -5.46. The van der Waals surface area contributed by atoms with Gasteiger partial charge in [0.25, 0.3) is 34.7 Å². The summed E-state index contributed by atoms with van der Waals surface area (Å²) in [7, 11) is 4.09. The van der Waals surface area contributed by atoms with Gasteiger partial charge < -0.3 is 30.6 Å². The first-order valence-electron chi connectivity index (χ1n) is 23.4. The Morgan fingerprint density at radius 1 is 0.290 bits per heavy atom. The summed E-state index contributed by atoms with van der Waals surface area (Å²) in [6.45, 7) is 6.72. The van der Waals surface area contributed by atoms with Crippen molar-refractivity contribution in [1.29, 1.82) is 0 Å². The maximum absolute atomic E-state index is 11.3. The molecule has 0 spiro atoms. The third kappa shape index (κ3) is 55.0. The van der Waals surface area contributed by atoms with Gasteiger partial charge in [0, 0.05) is 0 Å². The number of nitrogens with zero attached hydrogens (tertiary/aromatic N) is 4. The number of alkyl halides is 36. The van der Waals surface area contributed by atoms with E-state index in [1.165, 1.54) is 25.7 Å². The van der Waals surface area contributed by atoms with Crippen molar-refractivity contribution in [3.8, 4) is 0 Å². The molecule has 2 heterocycles. The van der Waals surface area contributed by atoms with Crippen LogP contribution in [-0.4, -0.2) is 118 Å². The predicted molar refractivity (Wildman–Crippen MR) is 232 cm³/mol. The van der Waals surface area contributed by atoms with E-state index in [1.807, 2.05) is 14.1 Å². The molecule has 0 aliphatic heterocycles. The molecule has 582 valence electrons. The van der Waals surface area contributed by atoms with E-state index in [1.54, 1.807) is 0 Å². The van der Waals surface area contributed by atoms with E-state index in [2.05, 4.69) is 69.6 Å². The number of aromatic nitrogens is 4. The van der Waals surface area contributed by atoms with Gasteiger partial charge in [-0.05, 0) is 83.9 Å². The molecule has 16 nitrogen and oxygen atoms in total. The fraction of sp³-hybridized carbons (Fsp3) is 0.478. The molecule has 2 radical (unpaired) electrons. The van der Waals surface area contributed by atoms with E-state index >= 15 is 0 Å². The molecule has 0 atom stereocenters. The maximum atomic E-state index is 11.3. The van der Waals surface area contributed by atoms with E-state index in [0.29, 0.717) is 0 Å². The molecule has 100 heavy (non-hydrogen) atoms. The van der Waals surface area contributed by atoms with Crippen molar-refractivity contribution in [3.05, 3.63) is 108 Å². The summed E-state index contributed by atoms with van der Waals surface area (Å²) < 4.78 is 415. The van der Waals surface area contributed by atoms with Gasteiger partial charge in [-0.3, -0.25) is 28.8 Å². The summed E-state index contributed by atoms with van der Waals surface area (Å²) in [5, 5.41) is 58.9. The first kappa shape index (κ1) is 108. The molecule has 2 aromatic heterocycles. The van der Waals surface area contributed by atoms with Crippen LogP contribution < -0.4 is 39.8 Å². The van der Waals surface area contributed by atoms with E-state index in [4.69, 9.17) is 0 Å². The molecule has 0 fully saturated rings. The third-order valence-corrected chi connectivity index (χ3v) is 8.11. The average Bonchev–Trinajstić information content (AvgIpc) is 1.32. The Labute approximate surface area is 552 Å². The maximum Gasteiger partial charge on any atom is 2.00 e. The van der Waals surface area contributed by atoms with Crippen LogP contribution in [0.15, 0.2) is 108 Å². The number of halogens is 36. The molecular weight excluding hydrogens is 1600 g/mol. The Morgan fingerprint density at radius 3 is 0.500 bits per heavy atom. The molecule has 0 bridgehead atoms. The number of carbonyl (C=O) groups excluding carboxylic acids is 6. The predicted octanol–water partition coefficient (Wildman–Crippen LogP) is 7.77. The number of allylic oxidation sites excluding steroid dienone is 12. The summed E-state index contributed by atoms with van der Waals surface area (Å²) in [6.07, 6.45) is -54.0. The molecule has 54 heteroatoms. The van der Waals surface area contributed by atoms with Crippen molar-refractivity contribution in [2.45, 2.75) is 127 Å². The van der Waals surface area contributed by atoms with Crippen LogP contribution in [0.25, 0.3) is 0 Å². The molecule has 0 amide bonds. The second-order valence-corrected chi connectivity index (χ2v) is 16.6. The Bertz CT molecular complexity index is 2580. The van der Waals surface area contributed by atoms with Gasteiger partial charge in [0.1, 0.15) is 24.8 Å². The van der Waals surface area contributed by atoms with Gasteiger partial charge in [0.15, 0.2) is 0 Å². The number of aryl methyl sites for hydroxylation is 4. The number of imidazole rings is 2. The summed E-state index contributed by atoms with van der Waals surface area (Å²) in [5.41, 5.74) is 0. The number of rotatable bonds is 12. The Morgan fingerprint density at radius 2 is 0.420 bits per heavy atom.